The third kappa shape index (κ3) is 4.44. The maximum Gasteiger partial charge on any atom is 0.317 e. The molecule has 0 aliphatic carbocycles. The minimum absolute atomic E-state index is 0.0100. The van der Waals surface area contributed by atoms with Gasteiger partial charge in [-0.25, -0.2) is 4.79 Å². The molecule has 22 heavy (non-hydrogen) atoms. The van der Waals surface area contributed by atoms with E-state index < -0.39 is 0 Å². The van der Waals surface area contributed by atoms with Crippen molar-refractivity contribution in [3.8, 4) is 0 Å². The molecule has 2 aliphatic rings. The summed E-state index contributed by atoms with van der Waals surface area (Å²) >= 11 is 1.69. The number of hydrogen-bond acceptors (Lipinski definition) is 4. The third-order valence-corrected chi connectivity index (χ3v) is 5.09. The molecule has 1 N–H and O–H groups in total. The van der Waals surface area contributed by atoms with Gasteiger partial charge < -0.3 is 19.7 Å². The molecule has 0 unspecified atom stereocenters. The first-order chi connectivity index (χ1) is 10.8. The van der Waals surface area contributed by atoms with Crippen molar-refractivity contribution in [2.45, 2.75) is 31.9 Å². The monoisotopic (exact) mass is 324 g/mol. The van der Waals surface area contributed by atoms with E-state index in [2.05, 4.69) is 11.4 Å². The fourth-order valence-corrected chi connectivity index (χ4v) is 3.65. The van der Waals surface area contributed by atoms with Crippen LogP contribution in [0.3, 0.4) is 0 Å². The van der Waals surface area contributed by atoms with Crippen LogP contribution in [-0.2, 0) is 16.0 Å². The maximum absolute atomic E-state index is 12.5. The lowest BCUT2D eigenvalue weighted by Crippen LogP contribution is -2.44. The van der Waals surface area contributed by atoms with Crippen molar-refractivity contribution in [3.63, 3.8) is 0 Å². The average molecular weight is 324 g/mol. The van der Waals surface area contributed by atoms with Gasteiger partial charge in [-0.1, -0.05) is 6.07 Å². The average Bonchev–Trinajstić information content (AvgIpc) is 3.27. The number of ether oxygens (including phenoxy) is 2. The van der Waals surface area contributed by atoms with Crippen LogP contribution in [0.5, 0.6) is 0 Å². The Kier molecular flexibility index (Phi) is 5.70. The summed E-state index contributed by atoms with van der Waals surface area (Å²) in [5.74, 6) is 0.454. The molecule has 3 rings (SSSR count). The van der Waals surface area contributed by atoms with Gasteiger partial charge >= 0.3 is 6.03 Å². The van der Waals surface area contributed by atoms with Crippen molar-refractivity contribution in [2.24, 2.45) is 5.92 Å². The van der Waals surface area contributed by atoms with Gasteiger partial charge in [-0.05, 0) is 30.7 Å². The van der Waals surface area contributed by atoms with Gasteiger partial charge in [0.15, 0.2) is 0 Å². The predicted molar refractivity (Wildman–Crippen MR) is 86.0 cm³/mol. The van der Waals surface area contributed by atoms with Gasteiger partial charge in [0.1, 0.15) is 0 Å². The van der Waals surface area contributed by atoms with E-state index in [0.29, 0.717) is 25.6 Å². The van der Waals surface area contributed by atoms with E-state index in [1.54, 1.807) is 11.3 Å². The van der Waals surface area contributed by atoms with Crippen LogP contribution in [0.15, 0.2) is 17.5 Å². The first kappa shape index (κ1) is 15.8. The van der Waals surface area contributed by atoms with E-state index in [1.165, 1.54) is 4.88 Å². The fraction of sp³-hybridized carbons (Fsp3) is 0.688. The van der Waals surface area contributed by atoms with E-state index in [9.17, 15) is 4.79 Å². The topological polar surface area (TPSA) is 50.8 Å². The second-order valence-electron chi connectivity index (χ2n) is 6.01. The Labute approximate surface area is 135 Å². The predicted octanol–water partition coefficient (Wildman–Crippen LogP) is 2.48. The maximum atomic E-state index is 12.5. The number of hydrogen-bond donors (Lipinski definition) is 1. The molecule has 2 amide bonds. The van der Waals surface area contributed by atoms with E-state index >= 15 is 0 Å². The second-order valence-corrected chi connectivity index (χ2v) is 7.04. The van der Waals surface area contributed by atoms with Crippen molar-refractivity contribution in [1.82, 2.24) is 10.2 Å². The van der Waals surface area contributed by atoms with Crippen molar-refractivity contribution >= 4 is 17.4 Å². The Morgan fingerprint density at radius 1 is 1.41 bits per heavy atom. The quantitative estimate of drug-likeness (QED) is 0.874. The van der Waals surface area contributed by atoms with Gasteiger partial charge in [0.25, 0.3) is 0 Å². The molecular formula is C16H24N2O3S. The highest BCUT2D eigenvalue weighted by Gasteiger charge is 2.24. The molecule has 6 heteroatoms. The summed E-state index contributed by atoms with van der Waals surface area (Å²) in [6, 6.07) is 4.11. The molecule has 0 spiro atoms. The number of carbonyl (C=O) groups is 1. The number of carbonyl (C=O) groups excluding carboxylic acids is 1. The zero-order valence-electron chi connectivity index (χ0n) is 12.8. The molecule has 0 saturated carbocycles. The smallest absolute Gasteiger partial charge is 0.317 e. The highest BCUT2D eigenvalue weighted by Crippen LogP contribution is 2.17. The summed E-state index contributed by atoms with van der Waals surface area (Å²) in [7, 11) is 0. The number of nitrogens with one attached hydrogen (secondary N) is 1. The molecule has 3 heterocycles. The molecule has 5 nitrogen and oxygen atoms in total. The Morgan fingerprint density at radius 2 is 2.36 bits per heavy atom. The Balaban J connectivity index is 1.54. The normalized spacial score (nSPS) is 24.5. The standard InChI is InChI=1S/C16H24N2O3S/c19-16(17-9-13-5-7-20-12-13)18(10-14-3-1-6-21-14)11-15-4-2-8-22-15/h2,4,8,13-14H,1,3,5-7,9-12H2,(H,17,19)/t13-,14-/m1/s1. The summed E-state index contributed by atoms with van der Waals surface area (Å²) in [5.41, 5.74) is 0. The van der Waals surface area contributed by atoms with Gasteiger partial charge in [-0.2, -0.15) is 0 Å². The molecule has 2 aliphatic heterocycles. The van der Waals surface area contributed by atoms with Crippen LogP contribution in [0.1, 0.15) is 24.1 Å². The van der Waals surface area contributed by atoms with Crippen LogP contribution in [-0.4, -0.2) is 49.9 Å². The molecule has 2 atom stereocenters. The minimum atomic E-state index is 0.0100. The fourth-order valence-electron chi connectivity index (χ4n) is 2.93. The number of urea groups is 1. The molecule has 2 fully saturated rings. The van der Waals surface area contributed by atoms with E-state index in [1.807, 2.05) is 16.3 Å². The number of thiophene rings is 1. The minimum Gasteiger partial charge on any atom is -0.381 e. The molecule has 1 aromatic heterocycles. The molecule has 0 radical (unpaired) electrons. The van der Waals surface area contributed by atoms with E-state index in [4.69, 9.17) is 9.47 Å². The van der Waals surface area contributed by atoms with E-state index in [0.717, 1.165) is 39.1 Å². The number of rotatable bonds is 6. The number of nitrogens with zero attached hydrogens (tertiary/aromatic N) is 1. The third-order valence-electron chi connectivity index (χ3n) is 4.23. The molecular weight excluding hydrogens is 300 g/mol. The molecule has 0 bridgehead atoms. The van der Waals surface area contributed by atoms with Gasteiger partial charge in [-0.15, -0.1) is 11.3 Å². The lowest BCUT2D eigenvalue weighted by atomic mass is 10.1. The lowest BCUT2D eigenvalue weighted by molar-refractivity contribution is 0.0794. The van der Waals surface area contributed by atoms with Crippen LogP contribution in [0.4, 0.5) is 4.79 Å². The van der Waals surface area contributed by atoms with Crippen molar-refractivity contribution in [2.75, 3.05) is 32.9 Å². The van der Waals surface area contributed by atoms with Gasteiger partial charge in [0.05, 0.1) is 19.3 Å². The van der Waals surface area contributed by atoms with E-state index in [-0.39, 0.29) is 12.1 Å². The SMILES string of the molecule is O=C(NC[C@H]1CCOC1)N(Cc1cccs1)C[C@H]1CCCO1. The summed E-state index contributed by atoms with van der Waals surface area (Å²) in [4.78, 5) is 15.6. The molecule has 122 valence electrons. The first-order valence-corrected chi connectivity index (χ1v) is 8.94. The van der Waals surface area contributed by atoms with Crippen LogP contribution in [0.2, 0.25) is 0 Å². The Bertz CT molecular complexity index is 454. The summed E-state index contributed by atoms with van der Waals surface area (Å²) < 4.78 is 11.1. The van der Waals surface area contributed by atoms with Gasteiger partial charge in [0, 0.05) is 37.1 Å². The summed E-state index contributed by atoms with van der Waals surface area (Å²) in [6.07, 6.45) is 3.36. The molecule has 0 aromatic carbocycles. The second kappa shape index (κ2) is 7.94. The highest BCUT2D eigenvalue weighted by atomic mass is 32.1. The van der Waals surface area contributed by atoms with Crippen LogP contribution < -0.4 is 5.32 Å². The van der Waals surface area contributed by atoms with Gasteiger partial charge in [-0.3, -0.25) is 0 Å². The van der Waals surface area contributed by atoms with Crippen LogP contribution >= 0.6 is 11.3 Å². The van der Waals surface area contributed by atoms with Crippen molar-refractivity contribution in [1.29, 1.82) is 0 Å². The first-order valence-electron chi connectivity index (χ1n) is 8.06. The Morgan fingerprint density at radius 3 is 3.05 bits per heavy atom. The Hall–Kier alpha value is -1.11. The molecule has 2 saturated heterocycles. The number of amides is 2. The van der Waals surface area contributed by atoms with Gasteiger partial charge in [0.2, 0.25) is 0 Å². The van der Waals surface area contributed by atoms with Crippen LogP contribution in [0, 0.1) is 5.92 Å². The van der Waals surface area contributed by atoms with Crippen LogP contribution in [0.25, 0.3) is 0 Å². The van der Waals surface area contributed by atoms with Crippen molar-refractivity contribution < 1.29 is 14.3 Å². The van der Waals surface area contributed by atoms with Crippen molar-refractivity contribution in [3.05, 3.63) is 22.4 Å². The largest absolute Gasteiger partial charge is 0.381 e. The lowest BCUT2D eigenvalue weighted by Gasteiger charge is -2.26. The summed E-state index contributed by atoms with van der Waals surface area (Å²) in [5, 5.41) is 5.12. The zero-order chi connectivity index (χ0) is 15.2. The highest BCUT2D eigenvalue weighted by molar-refractivity contribution is 7.09. The zero-order valence-corrected chi connectivity index (χ0v) is 13.6. The summed E-state index contributed by atoms with van der Waals surface area (Å²) in [6.45, 7) is 4.42. The molecule has 1 aromatic rings.